The average molecular weight is 534 g/mol. The fourth-order valence-corrected chi connectivity index (χ4v) is 5.00. The molecule has 0 saturated heterocycles. The van der Waals surface area contributed by atoms with Crippen molar-refractivity contribution in [1.29, 1.82) is 0 Å². The Balaban J connectivity index is 2.19. The lowest BCUT2D eigenvalue weighted by molar-refractivity contribution is -0.141. The first-order valence-electron chi connectivity index (χ1n) is 12.8. The fraction of sp³-hybridized carbons (Fsp3) is 0.500. The Morgan fingerprint density at radius 2 is 1.57 bits per heavy atom. The highest BCUT2D eigenvalue weighted by Crippen LogP contribution is 2.20. The Hall–Kier alpha value is -2.94. The number of anilines is 1. The second-order valence-electron chi connectivity index (χ2n) is 9.67. The number of rotatable bonds is 14. The predicted octanol–water partition coefficient (Wildman–Crippen LogP) is 4.51. The lowest BCUT2D eigenvalue weighted by Crippen LogP contribution is -2.49. The normalized spacial score (nSPS) is 12.3. The molecule has 2 amide bonds. The summed E-state index contributed by atoms with van der Waals surface area (Å²) in [5, 5.41) is 2.91. The number of carbonyl (C=O) groups excluding carboxylic acids is 2. The van der Waals surface area contributed by atoms with Crippen LogP contribution in [0.3, 0.4) is 0 Å². The molecule has 1 N–H and O–H groups in total. The van der Waals surface area contributed by atoms with Gasteiger partial charge < -0.3 is 10.2 Å². The molecule has 0 radical (unpaired) electrons. The topological polar surface area (TPSA) is 86.8 Å². The predicted molar refractivity (Wildman–Crippen MR) is 146 cm³/mol. The van der Waals surface area contributed by atoms with Crippen molar-refractivity contribution >= 4 is 27.5 Å². The third-order valence-corrected chi connectivity index (χ3v) is 7.32. The van der Waals surface area contributed by atoms with Gasteiger partial charge in [0.1, 0.15) is 11.9 Å². The van der Waals surface area contributed by atoms with Crippen LogP contribution in [0.2, 0.25) is 0 Å². The van der Waals surface area contributed by atoms with Crippen molar-refractivity contribution < 1.29 is 22.4 Å². The van der Waals surface area contributed by atoms with Crippen LogP contribution in [-0.2, 0) is 32.6 Å². The molecule has 2 rings (SSSR count). The monoisotopic (exact) mass is 533 g/mol. The maximum absolute atomic E-state index is 13.4. The van der Waals surface area contributed by atoms with Crippen LogP contribution in [-0.4, -0.2) is 50.5 Å². The van der Waals surface area contributed by atoms with Gasteiger partial charge in [0.2, 0.25) is 21.8 Å². The Labute approximate surface area is 221 Å². The van der Waals surface area contributed by atoms with Crippen LogP contribution in [0.25, 0.3) is 0 Å². The molecule has 0 aliphatic heterocycles. The molecule has 204 valence electrons. The number of nitrogens with zero attached hydrogens (tertiary/aromatic N) is 2. The number of benzene rings is 2. The zero-order chi connectivity index (χ0) is 27.6. The summed E-state index contributed by atoms with van der Waals surface area (Å²) in [7, 11) is -3.55. The van der Waals surface area contributed by atoms with E-state index in [-0.39, 0.29) is 49.5 Å². The second kappa shape index (κ2) is 14.1. The third-order valence-electron chi connectivity index (χ3n) is 6.12. The first kappa shape index (κ1) is 30.3. The fourth-order valence-electron chi connectivity index (χ4n) is 4.03. The van der Waals surface area contributed by atoms with Gasteiger partial charge in [-0.1, -0.05) is 52.0 Å². The summed E-state index contributed by atoms with van der Waals surface area (Å²) in [6, 6.07) is 12.5. The van der Waals surface area contributed by atoms with Gasteiger partial charge in [0, 0.05) is 26.1 Å². The van der Waals surface area contributed by atoms with E-state index in [0.717, 1.165) is 18.2 Å². The smallest absolute Gasteiger partial charge is 0.242 e. The van der Waals surface area contributed by atoms with Crippen LogP contribution in [0, 0.1) is 11.7 Å². The molecule has 37 heavy (non-hydrogen) atoms. The number of halogens is 1. The summed E-state index contributed by atoms with van der Waals surface area (Å²) >= 11 is 0. The highest BCUT2D eigenvalue weighted by Gasteiger charge is 2.29. The quantitative estimate of drug-likeness (QED) is 0.387. The van der Waals surface area contributed by atoms with Crippen molar-refractivity contribution in [3.8, 4) is 0 Å². The van der Waals surface area contributed by atoms with Gasteiger partial charge in [-0.05, 0) is 60.6 Å². The lowest BCUT2D eigenvalue weighted by Gasteiger charge is -2.31. The van der Waals surface area contributed by atoms with E-state index in [1.165, 1.54) is 21.3 Å². The SMILES string of the molecule is CCc1ccc(N(CCCC(=O)N(Cc2ccc(F)cc2)[C@H](CC)C(=O)NCC(C)C)S(C)(=O)=O)cc1. The summed E-state index contributed by atoms with van der Waals surface area (Å²) in [5.41, 5.74) is 2.36. The molecule has 0 aromatic heterocycles. The van der Waals surface area contributed by atoms with Crippen LogP contribution in [0.15, 0.2) is 48.5 Å². The lowest BCUT2D eigenvalue weighted by atomic mass is 10.1. The molecule has 0 saturated carbocycles. The largest absolute Gasteiger partial charge is 0.354 e. The van der Waals surface area contributed by atoms with Crippen molar-refractivity contribution in [3.05, 3.63) is 65.5 Å². The van der Waals surface area contributed by atoms with Crippen molar-refractivity contribution in [3.63, 3.8) is 0 Å². The van der Waals surface area contributed by atoms with Gasteiger partial charge >= 0.3 is 0 Å². The Kier molecular flexibility index (Phi) is 11.6. The summed E-state index contributed by atoms with van der Waals surface area (Å²) in [6.45, 7) is 8.64. The van der Waals surface area contributed by atoms with Gasteiger partial charge in [0.15, 0.2) is 0 Å². The second-order valence-corrected chi connectivity index (χ2v) is 11.6. The molecule has 0 unspecified atom stereocenters. The van der Waals surface area contributed by atoms with Crippen molar-refractivity contribution in [2.75, 3.05) is 23.7 Å². The zero-order valence-corrected chi connectivity index (χ0v) is 23.4. The van der Waals surface area contributed by atoms with Gasteiger partial charge in [-0.3, -0.25) is 13.9 Å². The molecule has 9 heteroatoms. The van der Waals surface area contributed by atoms with Gasteiger partial charge in [0.25, 0.3) is 0 Å². The van der Waals surface area contributed by atoms with Gasteiger partial charge in [-0.25, -0.2) is 12.8 Å². The van der Waals surface area contributed by atoms with E-state index in [0.29, 0.717) is 24.2 Å². The summed E-state index contributed by atoms with van der Waals surface area (Å²) in [4.78, 5) is 27.9. The maximum Gasteiger partial charge on any atom is 0.242 e. The number of aryl methyl sites for hydroxylation is 1. The number of hydrogen-bond acceptors (Lipinski definition) is 4. The van der Waals surface area contributed by atoms with Crippen LogP contribution in [0.1, 0.15) is 58.1 Å². The molecular weight excluding hydrogens is 493 g/mol. The van der Waals surface area contributed by atoms with Crippen molar-refractivity contribution in [2.24, 2.45) is 5.92 Å². The Bertz CT molecular complexity index is 1120. The molecule has 2 aromatic rings. The molecule has 0 spiro atoms. The molecule has 0 fully saturated rings. The first-order valence-corrected chi connectivity index (χ1v) is 14.7. The van der Waals surface area contributed by atoms with Crippen LogP contribution in [0.5, 0.6) is 0 Å². The molecular formula is C28H40FN3O4S. The highest BCUT2D eigenvalue weighted by molar-refractivity contribution is 7.92. The van der Waals surface area contributed by atoms with Crippen LogP contribution >= 0.6 is 0 Å². The molecule has 2 aromatic carbocycles. The van der Waals surface area contributed by atoms with E-state index in [9.17, 15) is 22.4 Å². The van der Waals surface area contributed by atoms with E-state index < -0.39 is 16.1 Å². The van der Waals surface area contributed by atoms with E-state index >= 15 is 0 Å². The maximum atomic E-state index is 13.4. The molecule has 0 heterocycles. The number of amides is 2. The number of nitrogens with one attached hydrogen (secondary N) is 1. The molecule has 0 aliphatic rings. The summed E-state index contributed by atoms with van der Waals surface area (Å²) in [5.74, 6) is -0.613. The van der Waals surface area contributed by atoms with E-state index in [1.807, 2.05) is 39.8 Å². The van der Waals surface area contributed by atoms with E-state index in [4.69, 9.17) is 0 Å². The average Bonchev–Trinajstić information content (AvgIpc) is 2.85. The molecule has 7 nitrogen and oxygen atoms in total. The van der Waals surface area contributed by atoms with Gasteiger partial charge in [-0.15, -0.1) is 0 Å². The standard InChI is InChI=1S/C28H40FN3O4S/c1-6-22-12-16-25(17-13-22)32(37(5,35)36)18-8-9-27(33)31(20-23-10-14-24(29)15-11-23)26(7-2)28(34)30-19-21(3)4/h10-17,21,26H,6-9,18-20H2,1-5H3,(H,30,34)/t26-/m1/s1. The minimum atomic E-state index is -3.55. The molecule has 1 atom stereocenters. The van der Waals surface area contributed by atoms with E-state index in [1.54, 1.807) is 24.3 Å². The summed E-state index contributed by atoms with van der Waals surface area (Å²) in [6.07, 6.45) is 2.76. The van der Waals surface area contributed by atoms with Crippen LogP contribution < -0.4 is 9.62 Å². The first-order chi connectivity index (χ1) is 17.5. The number of sulfonamides is 1. The number of carbonyl (C=O) groups is 2. The third kappa shape index (κ3) is 9.46. The van der Waals surface area contributed by atoms with Gasteiger partial charge in [0.05, 0.1) is 11.9 Å². The minimum absolute atomic E-state index is 0.0637. The number of hydrogen-bond donors (Lipinski definition) is 1. The minimum Gasteiger partial charge on any atom is -0.354 e. The highest BCUT2D eigenvalue weighted by atomic mass is 32.2. The van der Waals surface area contributed by atoms with Gasteiger partial charge in [-0.2, -0.15) is 0 Å². The Morgan fingerprint density at radius 1 is 0.973 bits per heavy atom. The van der Waals surface area contributed by atoms with Crippen molar-refractivity contribution in [1.82, 2.24) is 10.2 Å². The van der Waals surface area contributed by atoms with Crippen LogP contribution in [0.4, 0.5) is 10.1 Å². The Morgan fingerprint density at radius 3 is 2.08 bits per heavy atom. The van der Waals surface area contributed by atoms with Crippen molar-refractivity contribution in [2.45, 2.75) is 66.0 Å². The summed E-state index contributed by atoms with van der Waals surface area (Å²) < 4.78 is 39.7. The van der Waals surface area contributed by atoms with E-state index in [2.05, 4.69) is 5.32 Å². The zero-order valence-electron chi connectivity index (χ0n) is 22.5. The molecule has 0 aliphatic carbocycles. The molecule has 0 bridgehead atoms.